The van der Waals surface area contributed by atoms with Crippen LogP contribution in [-0.4, -0.2) is 32.8 Å². The van der Waals surface area contributed by atoms with Gasteiger partial charge >= 0.3 is 12.7 Å². The number of aromatic nitrogens is 2. The van der Waals surface area contributed by atoms with Crippen molar-refractivity contribution >= 4 is 0 Å². The van der Waals surface area contributed by atoms with Gasteiger partial charge in [0.05, 0.1) is 0 Å². The van der Waals surface area contributed by atoms with Gasteiger partial charge in [-0.2, -0.15) is 13.2 Å². The van der Waals surface area contributed by atoms with Crippen LogP contribution >= 0.6 is 0 Å². The summed E-state index contributed by atoms with van der Waals surface area (Å²) < 4.78 is 54.5. The van der Waals surface area contributed by atoms with E-state index in [-0.39, 0.29) is 35.2 Å². The Morgan fingerprint density at radius 2 is 1.74 bits per heavy atom. The second-order valence-corrected chi connectivity index (χ2v) is 6.83. The number of hydrogen-bond donors (Lipinski definition) is 2. The first-order valence-corrected chi connectivity index (χ1v) is 9.15. The van der Waals surface area contributed by atoms with Crippen molar-refractivity contribution in [1.29, 1.82) is 0 Å². The van der Waals surface area contributed by atoms with Gasteiger partial charge in [0.15, 0.2) is 17.3 Å². The summed E-state index contributed by atoms with van der Waals surface area (Å²) in [6, 6.07) is 6.28. The number of halogens is 3. The zero-order chi connectivity index (χ0) is 22.2. The van der Waals surface area contributed by atoms with Crippen LogP contribution in [-0.2, 0) is 6.61 Å². The Hall–Kier alpha value is -3.37. The van der Waals surface area contributed by atoms with Crippen LogP contribution in [0.1, 0.15) is 30.0 Å². The van der Waals surface area contributed by atoms with Gasteiger partial charge in [-0.05, 0) is 35.4 Å². The summed E-state index contributed by atoms with van der Waals surface area (Å²) in [6.45, 7) is -2.32. The molecular weight excluding hydrogens is 417 g/mol. The highest BCUT2D eigenvalue weighted by Gasteiger charge is 2.37. The highest BCUT2D eigenvalue weighted by molar-refractivity contribution is 5.74. The van der Waals surface area contributed by atoms with Crippen LogP contribution in [0.5, 0.6) is 17.2 Å². The molecular formula is C21H17F3N2O5. The van der Waals surface area contributed by atoms with Crippen LogP contribution < -0.4 is 14.2 Å². The molecule has 0 saturated carbocycles. The van der Waals surface area contributed by atoms with Gasteiger partial charge in [-0.3, -0.25) is 0 Å². The van der Waals surface area contributed by atoms with Gasteiger partial charge in [-0.15, -0.1) is 0 Å². The SMILES string of the molecule is CC1(F)Oc2ccc(-c3cc([C@@H](O)c4cnc(CO)nc4)ccc3OC(F)F)cc2O1. The van der Waals surface area contributed by atoms with Gasteiger partial charge in [0, 0.05) is 30.4 Å². The Morgan fingerprint density at radius 3 is 2.42 bits per heavy atom. The van der Waals surface area contributed by atoms with Crippen LogP contribution in [0.15, 0.2) is 48.8 Å². The summed E-state index contributed by atoms with van der Waals surface area (Å²) in [4.78, 5) is 7.85. The number of fused-ring (bicyclic) bond motifs is 1. The number of benzene rings is 2. The van der Waals surface area contributed by atoms with E-state index >= 15 is 0 Å². The summed E-state index contributed by atoms with van der Waals surface area (Å²) >= 11 is 0. The van der Waals surface area contributed by atoms with Crippen molar-refractivity contribution in [2.75, 3.05) is 0 Å². The van der Waals surface area contributed by atoms with Crippen molar-refractivity contribution in [2.45, 2.75) is 32.3 Å². The average Bonchev–Trinajstić information content (AvgIpc) is 3.06. The van der Waals surface area contributed by atoms with Crippen molar-refractivity contribution in [2.24, 2.45) is 0 Å². The molecule has 0 fully saturated rings. The quantitative estimate of drug-likeness (QED) is 0.611. The first kappa shape index (κ1) is 20.9. The van der Waals surface area contributed by atoms with Gasteiger partial charge in [0.1, 0.15) is 18.5 Å². The van der Waals surface area contributed by atoms with Crippen LogP contribution in [0.2, 0.25) is 0 Å². The molecule has 31 heavy (non-hydrogen) atoms. The zero-order valence-corrected chi connectivity index (χ0v) is 16.1. The topological polar surface area (TPSA) is 93.9 Å². The Labute approximate surface area is 174 Å². The minimum absolute atomic E-state index is 0.101. The van der Waals surface area contributed by atoms with Crippen molar-refractivity contribution in [3.05, 3.63) is 65.7 Å². The third-order valence-corrected chi connectivity index (χ3v) is 4.56. The number of rotatable bonds is 6. The summed E-state index contributed by atoms with van der Waals surface area (Å²) in [6.07, 6.45) is 1.54. The van der Waals surface area contributed by atoms with E-state index < -0.39 is 18.8 Å². The maximum Gasteiger partial charge on any atom is 0.404 e. The molecule has 10 heteroatoms. The molecule has 2 N–H and O–H groups in total. The Bertz CT molecular complexity index is 1090. The number of ether oxygens (including phenoxy) is 3. The first-order valence-electron chi connectivity index (χ1n) is 9.15. The molecule has 1 aromatic heterocycles. The molecule has 7 nitrogen and oxygen atoms in total. The molecule has 0 amide bonds. The Balaban J connectivity index is 1.73. The van der Waals surface area contributed by atoms with E-state index in [2.05, 4.69) is 14.7 Å². The van der Waals surface area contributed by atoms with Crippen molar-refractivity contribution in [3.8, 4) is 28.4 Å². The lowest BCUT2D eigenvalue weighted by molar-refractivity contribution is -0.173. The molecule has 3 aromatic rings. The second-order valence-electron chi connectivity index (χ2n) is 6.83. The van der Waals surface area contributed by atoms with E-state index in [9.17, 15) is 18.3 Å². The first-order chi connectivity index (χ1) is 14.8. The standard InChI is InChI=1S/C21H17F3N2O5/c1-21(24)30-16-5-2-11(7-17(16)31-21)14-6-12(3-4-15(14)29-20(22)23)19(28)13-8-25-18(10-27)26-9-13/h2-9,19-20,27-28H,10H2,1H3/t19-,21?/m1/s1. The lowest BCUT2D eigenvalue weighted by atomic mass is 9.97. The molecule has 0 spiro atoms. The maximum absolute atomic E-state index is 14.0. The number of alkyl halides is 3. The van der Waals surface area contributed by atoms with E-state index in [1.807, 2.05) is 0 Å². The second kappa shape index (κ2) is 8.05. The lowest BCUT2D eigenvalue weighted by Gasteiger charge is -2.16. The highest BCUT2D eigenvalue weighted by Crippen LogP contribution is 2.44. The third-order valence-electron chi connectivity index (χ3n) is 4.56. The van der Waals surface area contributed by atoms with E-state index in [4.69, 9.17) is 14.6 Å². The summed E-state index contributed by atoms with van der Waals surface area (Å²) in [5, 5.41) is 19.7. The fraction of sp³-hybridized carbons (Fsp3) is 0.238. The van der Waals surface area contributed by atoms with E-state index in [1.54, 1.807) is 0 Å². The minimum Gasteiger partial charge on any atom is -0.434 e. The molecule has 2 heterocycles. The van der Waals surface area contributed by atoms with Crippen LogP contribution in [0.4, 0.5) is 13.2 Å². The average molecular weight is 434 g/mol. The normalized spacial score (nSPS) is 18.3. The van der Waals surface area contributed by atoms with Gasteiger partial charge in [-0.25, -0.2) is 9.97 Å². The smallest absolute Gasteiger partial charge is 0.404 e. The molecule has 0 bridgehead atoms. The van der Waals surface area contributed by atoms with Gasteiger partial charge in [0.2, 0.25) is 0 Å². The van der Waals surface area contributed by atoms with E-state index in [0.29, 0.717) is 16.7 Å². The third kappa shape index (κ3) is 4.39. The molecule has 2 atom stereocenters. The highest BCUT2D eigenvalue weighted by atomic mass is 19.3. The Morgan fingerprint density at radius 1 is 1.03 bits per heavy atom. The minimum atomic E-state index is -3.07. The van der Waals surface area contributed by atoms with Crippen LogP contribution in [0.25, 0.3) is 11.1 Å². The number of hydrogen-bond acceptors (Lipinski definition) is 7. The number of aliphatic hydroxyl groups excluding tert-OH is 2. The summed E-state index contributed by atoms with van der Waals surface area (Å²) in [5.41, 5.74) is 1.30. The molecule has 1 aliphatic rings. The molecule has 4 rings (SSSR count). The molecule has 0 aliphatic carbocycles. The number of nitrogens with zero attached hydrogens (tertiary/aromatic N) is 2. The van der Waals surface area contributed by atoms with E-state index in [1.165, 1.54) is 48.8 Å². The molecule has 1 unspecified atom stereocenters. The van der Waals surface area contributed by atoms with Crippen molar-refractivity contribution in [3.63, 3.8) is 0 Å². The van der Waals surface area contributed by atoms with E-state index in [0.717, 1.165) is 6.92 Å². The predicted molar refractivity (Wildman–Crippen MR) is 101 cm³/mol. The Kier molecular flexibility index (Phi) is 5.42. The monoisotopic (exact) mass is 434 g/mol. The van der Waals surface area contributed by atoms with Crippen LogP contribution in [0, 0.1) is 0 Å². The molecule has 0 radical (unpaired) electrons. The lowest BCUT2D eigenvalue weighted by Crippen LogP contribution is -2.27. The van der Waals surface area contributed by atoms with Crippen molar-refractivity contribution < 1.29 is 37.6 Å². The largest absolute Gasteiger partial charge is 0.434 e. The van der Waals surface area contributed by atoms with Crippen molar-refractivity contribution in [1.82, 2.24) is 9.97 Å². The van der Waals surface area contributed by atoms with Gasteiger partial charge in [-0.1, -0.05) is 12.1 Å². The molecule has 0 saturated heterocycles. The van der Waals surface area contributed by atoms with Gasteiger partial charge < -0.3 is 24.4 Å². The molecule has 2 aromatic carbocycles. The maximum atomic E-state index is 14.0. The molecule has 162 valence electrons. The fourth-order valence-corrected chi connectivity index (χ4v) is 3.18. The number of aliphatic hydroxyl groups is 2. The molecule has 1 aliphatic heterocycles. The van der Waals surface area contributed by atoms with Gasteiger partial charge in [0.25, 0.3) is 0 Å². The predicted octanol–water partition coefficient (Wildman–Crippen LogP) is 3.73. The summed E-state index contributed by atoms with van der Waals surface area (Å²) in [7, 11) is 0. The summed E-state index contributed by atoms with van der Waals surface area (Å²) in [5.74, 6) is 0.323. The zero-order valence-electron chi connectivity index (χ0n) is 16.1. The van der Waals surface area contributed by atoms with Crippen LogP contribution in [0.3, 0.4) is 0 Å². The fourth-order valence-electron chi connectivity index (χ4n) is 3.18.